The van der Waals surface area contributed by atoms with E-state index in [1.54, 1.807) is 20.2 Å². The average Bonchev–Trinajstić information content (AvgIpc) is 2.92. The molecule has 0 radical (unpaired) electrons. The summed E-state index contributed by atoms with van der Waals surface area (Å²) in [6, 6.07) is 0. The van der Waals surface area contributed by atoms with Gasteiger partial charge >= 0.3 is 12.1 Å². The molecular formula is C35H45NO5. The number of carbonyl (C=O) groups is 3. The number of hydrogen-bond donors (Lipinski definition) is 0. The Morgan fingerprint density at radius 3 is 2.37 bits per heavy atom. The van der Waals surface area contributed by atoms with Crippen molar-refractivity contribution in [2.45, 2.75) is 86.5 Å². The zero-order valence-electron chi connectivity index (χ0n) is 26.0. The Morgan fingerprint density at radius 1 is 1.02 bits per heavy atom. The van der Waals surface area contributed by atoms with E-state index in [9.17, 15) is 14.4 Å². The lowest BCUT2D eigenvalue weighted by Crippen LogP contribution is -2.62. The second kappa shape index (κ2) is 9.48. The fourth-order valence-corrected chi connectivity index (χ4v) is 9.22. The summed E-state index contributed by atoms with van der Waals surface area (Å²) in [5.41, 5.74) is 3.29. The number of terminal acetylenes is 1. The van der Waals surface area contributed by atoms with E-state index in [1.165, 1.54) is 10.5 Å². The molecule has 5 aliphatic carbocycles. The molecular weight excluding hydrogens is 514 g/mol. The molecule has 0 aliphatic heterocycles. The predicted molar refractivity (Wildman–Crippen MR) is 158 cm³/mol. The van der Waals surface area contributed by atoms with Crippen LogP contribution in [0.1, 0.15) is 86.5 Å². The third kappa shape index (κ3) is 4.09. The first-order chi connectivity index (χ1) is 19.1. The highest BCUT2D eigenvalue weighted by molar-refractivity contribution is 6.08. The molecule has 0 aromatic heterocycles. The lowest BCUT2D eigenvalue weighted by atomic mass is 9.34. The molecule has 0 spiro atoms. The molecule has 0 aromatic carbocycles. The van der Waals surface area contributed by atoms with Gasteiger partial charge in [-0.3, -0.25) is 9.59 Å². The van der Waals surface area contributed by atoms with Crippen LogP contribution in [0.3, 0.4) is 0 Å². The molecule has 6 nitrogen and oxygen atoms in total. The number of esters is 1. The summed E-state index contributed by atoms with van der Waals surface area (Å²) in [6.07, 6.45) is 17.7. The number of rotatable bonds is 3. The molecule has 1 amide bonds. The lowest BCUT2D eigenvalue weighted by molar-refractivity contribution is -0.181. The summed E-state index contributed by atoms with van der Waals surface area (Å²) >= 11 is 0. The third-order valence-electron chi connectivity index (χ3n) is 12.2. The van der Waals surface area contributed by atoms with Gasteiger partial charge in [0.25, 0.3) is 0 Å². The summed E-state index contributed by atoms with van der Waals surface area (Å²) in [4.78, 5) is 40.2. The Balaban J connectivity index is 1.55. The summed E-state index contributed by atoms with van der Waals surface area (Å²) in [5, 5.41) is 0. The highest BCUT2D eigenvalue weighted by Gasteiger charge is 2.67. The number of amides is 1. The highest BCUT2D eigenvalue weighted by Crippen LogP contribution is 2.75. The quantitative estimate of drug-likeness (QED) is 0.277. The Morgan fingerprint density at radius 2 is 1.71 bits per heavy atom. The maximum absolute atomic E-state index is 13.4. The van der Waals surface area contributed by atoms with Crippen LogP contribution in [0.15, 0.2) is 46.3 Å². The molecule has 5 aliphatic rings. The molecule has 0 saturated heterocycles. The van der Waals surface area contributed by atoms with Crippen LogP contribution in [0.5, 0.6) is 0 Å². The minimum absolute atomic E-state index is 0.0169. The zero-order valence-corrected chi connectivity index (χ0v) is 26.0. The Bertz CT molecular complexity index is 1390. The van der Waals surface area contributed by atoms with Crippen molar-refractivity contribution < 1.29 is 23.9 Å². The predicted octanol–water partition coefficient (Wildman–Crippen LogP) is 6.93. The second-order valence-corrected chi connectivity index (χ2v) is 14.6. The maximum atomic E-state index is 13.4. The second-order valence-electron chi connectivity index (χ2n) is 14.6. The number of allylic oxidation sites excluding steroid dienone is 7. The molecule has 6 atom stereocenters. The van der Waals surface area contributed by atoms with Gasteiger partial charge in [-0.15, -0.1) is 6.42 Å². The number of ether oxygens (including phenoxy) is 2. The fourth-order valence-electron chi connectivity index (χ4n) is 9.22. The molecule has 41 heavy (non-hydrogen) atoms. The van der Waals surface area contributed by atoms with E-state index in [2.05, 4.69) is 52.7 Å². The summed E-state index contributed by atoms with van der Waals surface area (Å²) < 4.78 is 11.0. The topological polar surface area (TPSA) is 72.9 Å². The van der Waals surface area contributed by atoms with Gasteiger partial charge in [0.15, 0.2) is 12.4 Å². The van der Waals surface area contributed by atoms with Crippen molar-refractivity contribution in [3.8, 4) is 12.3 Å². The molecule has 3 saturated carbocycles. The molecule has 6 heteroatoms. The average molecular weight is 560 g/mol. The highest BCUT2D eigenvalue weighted by atomic mass is 16.6. The molecule has 0 unspecified atom stereocenters. The van der Waals surface area contributed by atoms with Gasteiger partial charge in [0.1, 0.15) is 0 Å². The van der Waals surface area contributed by atoms with Gasteiger partial charge in [0.2, 0.25) is 5.78 Å². The van der Waals surface area contributed by atoms with E-state index in [1.807, 2.05) is 6.92 Å². The number of hydrogen-bond acceptors (Lipinski definition) is 5. The standard InChI is InChI=1S/C35H45NO5/c1-10-19-40-29(38)32(4)14-13-31(3)15-17-34(6)26-12-11-23-22(2)28(41-30(39)36(8)9)25(37)20-24(23)33(26,5)16-18-35(34,7)27(31)21-32/h1,11-12,20,27H,13-19,21H2,2-9H3/t27-,31-,32-,33+,34-,35+/m1/s1. The van der Waals surface area contributed by atoms with Crippen LogP contribution in [-0.2, 0) is 19.1 Å². The molecule has 5 rings (SSSR count). The summed E-state index contributed by atoms with van der Waals surface area (Å²) in [5.74, 6) is 2.48. The van der Waals surface area contributed by atoms with Gasteiger partial charge in [0.05, 0.1) is 5.41 Å². The first kappa shape index (κ1) is 29.4. The van der Waals surface area contributed by atoms with Crippen molar-refractivity contribution in [1.29, 1.82) is 0 Å². The van der Waals surface area contributed by atoms with E-state index >= 15 is 0 Å². The smallest absolute Gasteiger partial charge is 0.414 e. The van der Waals surface area contributed by atoms with Gasteiger partial charge < -0.3 is 14.4 Å². The van der Waals surface area contributed by atoms with Gasteiger partial charge in [-0.1, -0.05) is 51.3 Å². The van der Waals surface area contributed by atoms with Crippen molar-refractivity contribution in [2.75, 3.05) is 20.7 Å². The third-order valence-corrected chi connectivity index (χ3v) is 12.2. The van der Waals surface area contributed by atoms with Crippen LogP contribution in [-0.4, -0.2) is 43.4 Å². The molecule has 0 heterocycles. The van der Waals surface area contributed by atoms with Crippen molar-refractivity contribution in [2.24, 2.45) is 33.0 Å². The van der Waals surface area contributed by atoms with Crippen LogP contribution in [0.4, 0.5) is 4.79 Å². The molecule has 0 N–H and O–H groups in total. The molecule has 0 bridgehead atoms. The van der Waals surface area contributed by atoms with Crippen LogP contribution >= 0.6 is 0 Å². The van der Waals surface area contributed by atoms with Gasteiger partial charge in [-0.05, 0) is 98.2 Å². The largest absolute Gasteiger partial charge is 0.452 e. The minimum atomic E-state index is -0.558. The normalized spacial score (nSPS) is 39.4. The monoisotopic (exact) mass is 559 g/mol. The maximum Gasteiger partial charge on any atom is 0.414 e. The lowest BCUT2D eigenvalue weighted by Gasteiger charge is -2.70. The van der Waals surface area contributed by atoms with Crippen molar-refractivity contribution >= 4 is 17.8 Å². The number of carbonyl (C=O) groups excluding carboxylic acids is 3. The first-order valence-corrected chi connectivity index (χ1v) is 15.0. The van der Waals surface area contributed by atoms with Crippen molar-refractivity contribution in [1.82, 2.24) is 4.90 Å². The SMILES string of the molecule is C#CCOC(=O)[C@]1(C)CC[C@]2(C)CC[C@]3(C)C4=CC=C5C(=CC(=O)C(OC(=O)N(C)C)=C5C)[C@]4(C)CC[C@@]3(C)[C@@H]2C1. The first-order valence-electron chi connectivity index (χ1n) is 15.0. The van der Waals surface area contributed by atoms with Gasteiger partial charge in [0, 0.05) is 25.1 Å². The van der Waals surface area contributed by atoms with Crippen LogP contribution < -0.4 is 0 Å². The summed E-state index contributed by atoms with van der Waals surface area (Å²) in [6.45, 7) is 13.6. The van der Waals surface area contributed by atoms with Crippen LogP contribution in [0, 0.1) is 45.3 Å². The van der Waals surface area contributed by atoms with E-state index < -0.39 is 11.5 Å². The molecule has 220 valence electrons. The molecule has 3 fully saturated rings. The zero-order chi connectivity index (χ0) is 30.2. The number of nitrogens with zero attached hydrogens (tertiary/aromatic N) is 1. The Hall–Kier alpha value is -3.07. The van der Waals surface area contributed by atoms with E-state index in [0.29, 0.717) is 11.5 Å². The Labute approximate surface area is 245 Å². The van der Waals surface area contributed by atoms with E-state index in [0.717, 1.165) is 56.1 Å². The van der Waals surface area contributed by atoms with Gasteiger partial charge in [-0.25, -0.2) is 4.79 Å². The fraction of sp³-hybridized carbons (Fsp3) is 0.629. The van der Waals surface area contributed by atoms with Gasteiger partial charge in [-0.2, -0.15) is 0 Å². The Kier molecular flexibility index (Phi) is 6.80. The summed E-state index contributed by atoms with van der Waals surface area (Å²) in [7, 11) is 3.21. The number of fused-ring (bicyclic) bond motifs is 7. The van der Waals surface area contributed by atoms with Crippen LogP contribution in [0.2, 0.25) is 0 Å². The van der Waals surface area contributed by atoms with E-state index in [4.69, 9.17) is 15.9 Å². The molecule has 0 aromatic rings. The van der Waals surface area contributed by atoms with Crippen molar-refractivity contribution in [3.05, 3.63) is 46.3 Å². The van der Waals surface area contributed by atoms with Crippen LogP contribution in [0.25, 0.3) is 0 Å². The number of ketones is 1. The van der Waals surface area contributed by atoms with E-state index in [-0.39, 0.29) is 45.8 Å². The minimum Gasteiger partial charge on any atom is -0.452 e. The van der Waals surface area contributed by atoms with Crippen molar-refractivity contribution in [3.63, 3.8) is 0 Å².